The van der Waals surface area contributed by atoms with E-state index in [1.54, 1.807) is 12.1 Å². The molecule has 0 aliphatic rings. The van der Waals surface area contributed by atoms with Gasteiger partial charge in [-0.3, -0.25) is 9.59 Å². The van der Waals surface area contributed by atoms with E-state index in [0.29, 0.717) is 25.1 Å². The Morgan fingerprint density at radius 2 is 1.74 bits per heavy atom. The molecule has 3 N–H and O–H groups in total. The zero-order valence-corrected chi connectivity index (χ0v) is 14.5. The van der Waals surface area contributed by atoms with E-state index >= 15 is 0 Å². The fourth-order valence-corrected chi connectivity index (χ4v) is 1.91. The minimum Gasteiger partial charge on any atom is -0.396 e. The molecular formula is C18H28N2O3. The van der Waals surface area contributed by atoms with Crippen LogP contribution in [0.15, 0.2) is 24.3 Å². The van der Waals surface area contributed by atoms with Gasteiger partial charge in [0.05, 0.1) is 0 Å². The lowest BCUT2D eigenvalue weighted by Gasteiger charge is -2.17. The second kappa shape index (κ2) is 8.67. The topological polar surface area (TPSA) is 78.4 Å². The van der Waals surface area contributed by atoms with Crippen molar-refractivity contribution in [1.29, 1.82) is 0 Å². The van der Waals surface area contributed by atoms with E-state index < -0.39 is 5.41 Å². The Morgan fingerprint density at radius 3 is 2.26 bits per heavy atom. The van der Waals surface area contributed by atoms with Crippen LogP contribution in [0, 0.1) is 11.3 Å². The number of benzene rings is 1. The minimum absolute atomic E-state index is 0.00260. The lowest BCUT2D eigenvalue weighted by Crippen LogP contribution is -2.34. The van der Waals surface area contributed by atoms with E-state index in [0.717, 1.165) is 5.56 Å². The predicted molar refractivity (Wildman–Crippen MR) is 90.9 cm³/mol. The molecule has 23 heavy (non-hydrogen) atoms. The van der Waals surface area contributed by atoms with Crippen LogP contribution in [0.4, 0.5) is 0 Å². The average molecular weight is 320 g/mol. The van der Waals surface area contributed by atoms with Gasteiger partial charge in [0.15, 0.2) is 0 Å². The van der Waals surface area contributed by atoms with Crippen LogP contribution in [-0.4, -0.2) is 30.1 Å². The van der Waals surface area contributed by atoms with Crippen LogP contribution in [0.1, 0.15) is 50.0 Å². The summed E-state index contributed by atoms with van der Waals surface area (Å²) < 4.78 is 0. The van der Waals surface area contributed by atoms with Crippen molar-refractivity contribution in [3.05, 3.63) is 35.4 Å². The molecule has 0 aliphatic heterocycles. The van der Waals surface area contributed by atoms with Crippen LogP contribution in [0.2, 0.25) is 0 Å². The van der Waals surface area contributed by atoms with E-state index in [-0.39, 0.29) is 24.3 Å². The van der Waals surface area contributed by atoms with Crippen molar-refractivity contribution in [3.8, 4) is 0 Å². The van der Waals surface area contributed by atoms with Gasteiger partial charge in [0, 0.05) is 30.7 Å². The molecule has 1 aromatic rings. The third-order valence-electron chi connectivity index (χ3n) is 3.58. The fraction of sp³-hybridized carbons (Fsp3) is 0.556. The molecule has 1 aromatic carbocycles. The Hall–Kier alpha value is -1.88. The van der Waals surface area contributed by atoms with Crippen molar-refractivity contribution in [2.24, 2.45) is 11.3 Å². The Balaban J connectivity index is 2.49. The van der Waals surface area contributed by atoms with Crippen LogP contribution < -0.4 is 10.6 Å². The van der Waals surface area contributed by atoms with E-state index in [1.165, 1.54) is 0 Å². The number of nitrogens with one attached hydrogen (secondary N) is 2. The first-order valence-corrected chi connectivity index (χ1v) is 8.00. The van der Waals surface area contributed by atoms with Gasteiger partial charge in [0.2, 0.25) is 5.91 Å². The van der Waals surface area contributed by atoms with E-state index in [2.05, 4.69) is 10.6 Å². The summed E-state index contributed by atoms with van der Waals surface area (Å²) in [5.41, 5.74) is 1.13. The molecule has 0 fully saturated rings. The molecule has 2 amide bonds. The van der Waals surface area contributed by atoms with Gasteiger partial charge in [0.25, 0.3) is 5.91 Å². The maximum absolute atomic E-state index is 12.0. The Labute approximate surface area is 138 Å². The number of aliphatic hydroxyl groups excluding tert-OH is 1. The standard InChI is InChI=1S/C18H28N2O3/c1-13(9-10-21)11-19-16(22)15-7-5-14(6-8-15)12-20-17(23)18(2,3)4/h5-8,13,21H,9-12H2,1-4H3,(H,19,22)(H,20,23). The quantitative estimate of drug-likeness (QED) is 0.720. The molecule has 1 unspecified atom stereocenters. The number of carbonyl (C=O) groups excluding carboxylic acids is 2. The van der Waals surface area contributed by atoms with E-state index in [9.17, 15) is 9.59 Å². The zero-order chi connectivity index (χ0) is 17.5. The van der Waals surface area contributed by atoms with Crippen LogP contribution in [-0.2, 0) is 11.3 Å². The Morgan fingerprint density at radius 1 is 1.13 bits per heavy atom. The summed E-state index contributed by atoms with van der Waals surface area (Å²) in [6, 6.07) is 7.19. The third kappa shape index (κ3) is 6.82. The third-order valence-corrected chi connectivity index (χ3v) is 3.58. The number of rotatable bonds is 7. The summed E-state index contributed by atoms with van der Waals surface area (Å²) in [5, 5.41) is 14.6. The van der Waals surface area contributed by atoms with Crippen LogP contribution in [0.5, 0.6) is 0 Å². The first-order chi connectivity index (χ1) is 10.7. The second-order valence-corrected chi connectivity index (χ2v) is 6.96. The van der Waals surface area contributed by atoms with Crippen LogP contribution >= 0.6 is 0 Å². The Kier molecular flexibility index (Phi) is 7.23. The summed E-state index contributed by atoms with van der Waals surface area (Å²) in [6.45, 7) is 8.71. The summed E-state index contributed by atoms with van der Waals surface area (Å²) in [5.74, 6) is 0.119. The smallest absolute Gasteiger partial charge is 0.251 e. The molecule has 0 aliphatic carbocycles. The van der Waals surface area contributed by atoms with Gasteiger partial charge in [-0.05, 0) is 30.0 Å². The highest BCUT2D eigenvalue weighted by molar-refractivity contribution is 5.94. The van der Waals surface area contributed by atoms with Crippen molar-refractivity contribution in [2.45, 2.75) is 40.7 Å². The summed E-state index contributed by atoms with van der Waals surface area (Å²) in [4.78, 5) is 23.8. The molecule has 0 saturated heterocycles. The summed E-state index contributed by atoms with van der Waals surface area (Å²) >= 11 is 0. The molecule has 0 bridgehead atoms. The molecule has 0 heterocycles. The van der Waals surface area contributed by atoms with Gasteiger partial charge in [-0.2, -0.15) is 0 Å². The van der Waals surface area contributed by atoms with Crippen molar-refractivity contribution in [1.82, 2.24) is 10.6 Å². The van der Waals surface area contributed by atoms with Gasteiger partial charge in [-0.15, -0.1) is 0 Å². The maximum Gasteiger partial charge on any atom is 0.251 e. The van der Waals surface area contributed by atoms with Crippen molar-refractivity contribution >= 4 is 11.8 Å². The molecule has 5 heteroatoms. The molecule has 0 spiro atoms. The lowest BCUT2D eigenvalue weighted by atomic mass is 9.95. The fourth-order valence-electron chi connectivity index (χ4n) is 1.91. The number of hydrogen-bond acceptors (Lipinski definition) is 3. The normalized spacial score (nSPS) is 12.6. The van der Waals surface area contributed by atoms with Crippen LogP contribution in [0.25, 0.3) is 0 Å². The van der Waals surface area contributed by atoms with Gasteiger partial charge in [0.1, 0.15) is 0 Å². The van der Waals surface area contributed by atoms with E-state index in [1.807, 2.05) is 39.8 Å². The molecule has 1 atom stereocenters. The first kappa shape index (κ1) is 19.2. The molecule has 0 saturated carbocycles. The minimum atomic E-state index is -0.412. The molecule has 0 aromatic heterocycles. The largest absolute Gasteiger partial charge is 0.396 e. The van der Waals surface area contributed by atoms with Crippen LogP contribution in [0.3, 0.4) is 0 Å². The molecule has 1 rings (SSSR count). The monoisotopic (exact) mass is 320 g/mol. The molecular weight excluding hydrogens is 292 g/mol. The van der Waals surface area contributed by atoms with Crippen molar-refractivity contribution < 1.29 is 14.7 Å². The SMILES string of the molecule is CC(CCO)CNC(=O)c1ccc(CNC(=O)C(C)(C)C)cc1. The highest BCUT2D eigenvalue weighted by Gasteiger charge is 2.20. The average Bonchev–Trinajstić information content (AvgIpc) is 2.50. The predicted octanol–water partition coefficient (Wildman–Crippen LogP) is 2.10. The highest BCUT2D eigenvalue weighted by Crippen LogP contribution is 2.13. The van der Waals surface area contributed by atoms with Gasteiger partial charge >= 0.3 is 0 Å². The van der Waals surface area contributed by atoms with E-state index in [4.69, 9.17) is 5.11 Å². The van der Waals surface area contributed by atoms with Crippen molar-refractivity contribution in [2.75, 3.05) is 13.2 Å². The molecule has 5 nitrogen and oxygen atoms in total. The highest BCUT2D eigenvalue weighted by atomic mass is 16.3. The zero-order valence-electron chi connectivity index (χ0n) is 14.5. The molecule has 128 valence electrons. The maximum atomic E-state index is 12.0. The second-order valence-electron chi connectivity index (χ2n) is 6.96. The van der Waals surface area contributed by atoms with Crippen molar-refractivity contribution in [3.63, 3.8) is 0 Å². The number of amides is 2. The molecule has 0 radical (unpaired) electrons. The first-order valence-electron chi connectivity index (χ1n) is 8.00. The van der Waals surface area contributed by atoms with Gasteiger partial charge in [-0.25, -0.2) is 0 Å². The van der Waals surface area contributed by atoms with Gasteiger partial charge < -0.3 is 15.7 Å². The number of aliphatic hydroxyl groups is 1. The lowest BCUT2D eigenvalue weighted by molar-refractivity contribution is -0.128. The van der Waals surface area contributed by atoms with Gasteiger partial charge in [-0.1, -0.05) is 39.8 Å². The Bertz CT molecular complexity index is 518. The summed E-state index contributed by atoms with van der Waals surface area (Å²) in [6.07, 6.45) is 0.673. The summed E-state index contributed by atoms with van der Waals surface area (Å²) in [7, 11) is 0. The number of hydrogen-bond donors (Lipinski definition) is 3. The number of carbonyl (C=O) groups is 2.